The van der Waals surface area contributed by atoms with E-state index in [1.165, 1.54) is 6.92 Å². The van der Waals surface area contributed by atoms with Crippen LogP contribution in [0.25, 0.3) is 0 Å². The number of hydrogen-bond acceptors (Lipinski definition) is 9. The van der Waals surface area contributed by atoms with E-state index in [1.54, 1.807) is 55.4 Å². The van der Waals surface area contributed by atoms with Crippen LogP contribution in [0.4, 0.5) is 0 Å². The Kier molecular flexibility index (Phi) is 18.7. The number of carboxylic acid groups (broad SMARTS) is 1. The Morgan fingerprint density at radius 2 is 0.804 bits per heavy atom. The number of nitrogens with one attached hydrogen (secondary N) is 6. The van der Waals surface area contributed by atoms with Crippen molar-refractivity contribution in [2.24, 2.45) is 23.7 Å². The molecule has 0 spiro atoms. The monoisotopic (exact) mass is 658 g/mol. The van der Waals surface area contributed by atoms with Gasteiger partial charge in [0.15, 0.2) is 0 Å². The van der Waals surface area contributed by atoms with E-state index in [0.717, 1.165) is 0 Å². The van der Waals surface area contributed by atoms with Crippen LogP contribution in [0.2, 0.25) is 0 Å². The van der Waals surface area contributed by atoms with Crippen molar-refractivity contribution in [2.45, 2.75) is 111 Å². The molecule has 0 radical (unpaired) electrons. The highest BCUT2D eigenvalue weighted by Crippen LogP contribution is 2.11. The molecule has 16 heteroatoms. The molecule has 0 aliphatic rings. The fourth-order valence-electron chi connectivity index (χ4n) is 4.40. The van der Waals surface area contributed by atoms with Crippen LogP contribution >= 0.6 is 0 Å². The quantitative estimate of drug-likeness (QED) is 0.0723. The first-order chi connectivity index (χ1) is 21.2. The molecule has 0 unspecified atom stereocenters. The molecule has 0 aliphatic carbocycles. The molecule has 0 aromatic carbocycles. The van der Waals surface area contributed by atoms with Crippen molar-refractivity contribution in [2.75, 3.05) is 13.2 Å². The van der Waals surface area contributed by atoms with Crippen molar-refractivity contribution >= 4 is 41.4 Å². The second-order valence-electron chi connectivity index (χ2n) is 12.9. The Hall–Kier alpha value is -3.79. The van der Waals surface area contributed by atoms with Crippen LogP contribution in [-0.2, 0) is 33.6 Å². The molecular formula is C30H54N6O10. The minimum absolute atomic E-state index is 0.107. The summed E-state index contributed by atoms with van der Waals surface area (Å²) in [4.78, 5) is 88.4. The number of aliphatic hydroxyl groups is 2. The van der Waals surface area contributed by atoms with Gasteiger partial charge < -0.3 is 47.2 Å². The lowest BCUT2D eigenvalue weighted by Gasteiger charge is -2.29. The minimum Gasteiger partial charge on any atom is -0.480 e. The molecule has 0 saturated carbocycles. The van der Waals surface area contributed by atoms with Crippen LogP contribution in [0.5, 0.6) is 0 Å². The smallest absolute Gasteiger partial charge is 0.328 e. The van der Waals surface area contributed by atoms with Gasteiger partial charge >= 0.3 is 5.97 Å². The lowest BCUT2D eigenvalue weighted by atomic mass is 9.99. The standard InChI is InChI=1S/C30H54N6O10/c1-14(2)10-19(25(40)32-20(11-15(3)4)26(41)35-22(13-38)30(45)46)33-27(42)21(12-37)34-28(43)24(17(7)8)36-29(44)23(16(5)6)31-18(9)39/h14-17,19-24,37-38H,10-13H2,1-9H3,(H,31,39)(H,32,40)(H,33,42)(H,34,43)(H,35,41)(H,36,44)(H,45,46)/t19-,20-,21-,22-,23-,24-/m0/s1. The molecule has 0 heterocycles. The van der Waals surface area contributed by atoms with Crippen molar-refractivity contribution in [1.82, 2.24) is 31.9 Å². The Balaban J connectivity index is 5.89. The van der Waals surface area contributed by atoms with Crippen molar-refractivity contribution in [3.63, 3.8) is 0 Å². The van der Waals surface area contributed by atoms with Gasteiger partial charge in [-0.1, -0.05) is 55.4 Å². The van der Waals surface area contributed by atoms with E-state index < -0.39 is 96.8 Å². The third-order valence-corrected chi connectivity index (χ3v) is 6.85. The molecule has 9 N–H and O–H groups in total. The molecule has 46 heavy (non-hydrogen) atoms. The van der Waals surface area contributed by atoms with Crippen LogP contribution in [0.1, 0.15) is 75.2 Å². The van der Waals surface area contributed by atoms with Crippen LogP contribution in [0, 0.1) is 23.7 Å². The van der Waals surface area contributed by atoms with Gasteiger partial charge in [0, 0.05) is 6.92 Å². The molecule has 6 amide bonds. The maximum Gasteiger partial charge on any atom is 0.328 e. The number of aliphatic hydroxyl groups excluding tert-OH is 2. The fourth-order valence-corrected chi connectivity index (χ4v) is 4.40. The zero-order valence-electron chi connectivity index (χ0n) is 28.3. The van der Waals surface area contributed by atoms with Crippen molar-refractivity contribution < 1.29 is 48.9 Å². The van der Waals surface area contributed by atoms with Gasteiger partial charge in [-0.3, -0.25) is 28.8 Å². The Morgan fingerprint density at radius 3 is 1.13 bits per heavy atom. The summed E-state index contributed by atoms with van der Waals surface area (Å²) >= 11 is 0. The predicted molar refractivity (Wildman–Crippen MR) is 168 cm³/mol. The van der Waals surface area contributed by atoms with Gasteiger partial charge in [-0.2, -0.15) is 0 Å². The van der Waals surface area contributed by atoms with Gasteiger partial charge in [-0.05, 0) is 36.5 Å². The number of amides is 6. The van der Waals surface area contributed by atoms with E-state index in [-0.39, 0.29) is 30.6 Å². The largest absolute Gasteiger partial charge is 0.480 e. The van der Waals surface area contributed by atoms with Gasteiger partial charge in [-0.15, -0.1) is 0 Å². The van der Waals surface area contributed by atoms with E-state index >= 15 is 0 Å². The Bertz CT molecular complexity index is 1060. The van der Waals surface area contributed by atoms with Crippen molar-refractivity contribution in [1.29, 1.82) is 0 Å². The maximum atomic E-state index is 13.3. The Labute approximate surface area is 270 Å². The number of rotatable bonds is 20. The van der Waals surface area contributed by atoms with E-state index in [1.807, 2.05) is 0 Å². The molecule has 6 atom stereocenters. The fraction of sp³-hybridized carbons (Fsp3) is 0.767. The van der Waals surface area contributed by atoms with Crippen LogP contribution < -0.4 is 31.9 Å². The Morgan fingerprint density at radius 1 is 0.478 bits per heavy atom. The van der Waals surface area contributed by atoms with Gasteiger partial charge in [0.05, 0.1) is 13.2 Å². The maximum absolute atomic E-state index is 13.3. The van der Waals surface area contributed by atoms with E-state index in [0.29, 0.717) is 0 Å². The average Bonchev–Trinajstić information content (AvgIpc) is 2.93. The second-order valence-corrected chi connectivity index (χ2v) is 12.9. The van der Waals surface area contributed by atoms with Crippen LogP contribution in [0.3, 0.4) is 0 Å². The number of hydrogen-bond donors (Lipinski definition) is 9. The van der Waals surface area contributed by atoms with Crippen LogP contribution in [-0.4, -0.2) is 106 Å². The normalized spacial score (nSPS) is 15.3. The summed E-state index contributed by atoms with van der Waals surface area (Å²) < 4.78 is 0. The number of carbonyl (C=O) groups is 7. The molecule has 0 aromatic heterocycles. The SMILES string of the molecule is CC(=O)N[C@H](C(=O)N[C@H](C(=O)N[C@@H](CO)C(=O)N[C@@H](CC(C)C)C(=O)N[C@@H](CC(C)C)C(=O)N[C@@H](CO)C(=O)O)C(C)C)C(C)C. The summed E-state index contributed by atoms with van der Waals surface area (Å²) in [7, 11) is 0. The summed E-state index contributed by atoms with van der Waals surface area (Å²) in [5.74, 6) is -6.74. The molecule has 0 bridgehead atoms. The molecular weight excluding hydrogens is 604 g/mol. The van der Waals surface area contributed by atoms with Gasteiger partial charge in [-0.25, -0.2) is 4.79 Å². The molecule has 0 aliphatic heterocycles. The lowest BCUT2D eigenvalue weighted by Crippen LogP contribution is -2.61. The summed E-state index contributed by atoms with van der Waals surface area (Å²) in [6.45, 7) is 13.5. The first kappa shape index (κ1) is 42.2. The minimum atomic E-state index is -1.58. The highest BCUT2D eigenvalue weighted by atomic mass is 16.4. The van der Waals surface area contributed by atoms with Gasteiger partial charge in [0.1, 0.15) is 36.3 Å². The van der Waals surface area contributed by atoms with Crippen molar-refractivity contribution in [3.05, 3.63) is 0 Å². The number of carboxylic acids is 1. The molecule has 0 aromatic rings. The molecule has 16 nitrogen and oxygen atoms in total. The first-order valence-electron chi connectivity index (χ1n) is 15.5. The molecule has 0 rings (SSSR count). The van der Waals surface area contributed by atoms with E-state index in [2.05, 4.69) is 31.9 Å². The highest BCUT2D eigenvalue weighted by molar-refractivity contribution is 5.96. The summed E-state index contributed by atoms with van der Waals surface area (Å²) in [5.41, 5.74) is 0. The molecule has 0 fully saturated rings. The number of carbonyl (C=O) groups excluding carboxylic acids is 6. The third-order valence-electron chi connectivity index (χ3n) is 6.85. The zero-order chi connectivity index (χ0) is 35.9. The molecule has 0 saturated heterocycles. The summed E-state index contributed by atoms with van der Waals surface area (Å²) in [6, 6.07) is -7.55. The van der Waals surface area contributed by atoms with Gasteiger partial charge in [0.2, 0.25) is 35.4 Å². The lowest BCUT2D eigenvalue weighted by molar-refractivity contribution is -0.143. The third kappa shape index (κ3) is 15.0. The first-order valence-corrected chi connectivity index (χ1v) is 15.5. The van der Waals surface area contributed by atoms with Crippen molar-refractivity contribution in [3.8, 4) is 0 Å². The molecule has 264 valence electrons. The zero-order valence-corrected chi connectivity index (χ0v) is 28.3. The average molecular weight is 659 g/mol. The second kappa shape index (κ2) is 20.4. The predicted octanol–water partition coefficient (Wildman–Crippen LogP) is -1.61. The van der Waals surface area contributed by atoms with Crippen LogP contribution in [0.15, 0.2) is 0 Å². The summed E-state index contributed by atoms with van der Waals surface area (Å²) in [6.07, 6.45) is 0.230. The summed E-state index contributed by atoms with van der Waals surface area (Å²) in [5, 5.41) is 43.2. The van der Waals surface area contributed by atoms with E-state index in [9.17, 15) is 48.9 Å². The van der Waals surface area contributed by atoms with Gasteiger partial charge in [0.25, 0.3) is 0 Å². The topological polar surface area (TPSA) is 252 Å². The number of aliphatic carboxylic acids is 1. The highest BCUT2D eigenvalue weighted by Gasteiger charge is 2.34. The van der Waals surface area contributed by atoms with E-state index in [4.69, 9.17) is 0 Å².